The van der Waals surface area contributed by atoms with Crippen LogP contribution in [0.5, 0.6) is 11.5 Å². The molecule has 0 N–H and O–H groups in total. The number of carbonyl (C=O) groups excluding carboxylic acids is 1. The van der Waals surface area contributed by atoms with Gasteiger partial charge in [-0.05, 0) is 60.9 Å². The van der Waals surface area contributed by atoms with Gasteiger partial charge in [0, 0.05) is 24.8 Å². The van der Waals surface area contributed by atoms with Crippen LogP contribution in [-0.4, -0.2) is 15.6 Å². The quantitative estimate of drug-likeness (QED) is 0.475. The minimum Gasteiger partial charge on any atom is -0.457 e. The number of aryl methyl sites for hydroxylation is 1. The summed E-state index contributed by atoms with van der Waals surface area (Å²) in [6.07, 6.45) is 6.42. The van der Waals surface area contributed by atoms with E-state index in [4.69, 9.17) is 4.74 Å². The van der Waals surface area contributed by atoms with E-state index < -0.39 is 0 Å². The van der Waals surface area contributed by atoms with Crippen LogP contribution in [0.15, 0.2) is 48.7 Å². The van der Waals surface area contributed by atoms with Crippen LogP contribution in [0.2, 0.25) is 0 Å². The molecule has 0 bridgehead atoms. The molecule has 0 unspecified atom stereocenters. The highest BCUT2D eigenvalue weighted by Crippen LogP contribution is 2.33. The lowest BCUT2D eigenvalue weighted by Crippen LogP contribution is -2.05. The fourth-order valence-electron chi connectivity index (χ4n) is 3.58. The summed E-state index contributed by atoms with van der Waals surface area (Å²) < 4.78 is 8.23. The van der Waals surface area contributed by atoms with E-state index in [-0.39, 0.29) is 0 Å². The molecular weight excluding hydrogens is 348 g/mol. The van der Waals surface area contributed by atoms with Gasteiger partial charge in [-0.25, -0.2) is 0 Å². The number of ether oxygens (including phenoxy) is 1. The van der Waals surface area contributed by atoms with Crippen molar-refractivity contribution in [1.82, 2.24) is 9.78 Å². The van der Waals surface area contributed by atoms with Gasteiger partial charge in [0.1, 0.15) is 17.3 Å². The van der Waals surface area contributed by atoms with Crippen molar-refractivity contribution in [3.05, 3.63) is 54.2 Å². The maximum absolute atomic E-state index is 12.1. The van der Waals surface area contributed by atoms with Crippen LogP contribution in [0.25, 0.3) is 10.9 Å². The minimum atomic E-state index is 0.372. The number of fused-ring (bicyclic) bond motifs is 1. The topological polar surface area (TPSA) is 44.1 Å². The van der Waals surface area contributed by atoms with E-state index in [2.05, 4.69) is 31.1 Å². The number of Topliss-reactive ketones (excluding diaryl/α,β-unsaturated/α-hetero) is 1. The van der Waals surface area contributed by atoms with Gasteiger partial charge in [-0.15, -0.1) is 0 Å². The third kappa shape index (κ3) is 4.61. The van der Waals surface area contributed by atoms with E-state index >= 15 is 0 Å². The molecule has 4 nitrogen and oxygen atoms in total. The van der Waals surface area contributed by atoms with Gasteiger partial charge >= 0.3 is 0 Å². The highest BCUT2D eigenvalue weighted by atomic mass is 16.5. The van der Waals surface area contributed by atoms with E-state index in [1.807, 2.05) is 41.2 Å². The molecule has 1 aliphatic carbocycles. The van der Waals surface area contributed by atoms with Gasteiger partial charge < -0.3 is 4.74 Å². The molecule has 0 saturated heterocycles. The summed E-state index contributed by atoms with van der Waals surface area (Å²) in [5, 5.41) is 5.58. The zero-order valence-electron chi connectivity index (χ0n) is 16.7. The van der Waals surface area contributed by atoms with Crippen LogP contribution < -0.4 is 4.74 Å². The third-order valence-corrected chi connectivity index (χ3v) is 5.24. The first-order valence-electron chi connectivity index (χ1n) is 10.3. The molecule has 0 spiro atoms. The molecule has 1 aliphatic rings. The van der Waals surface area contributed by atoms with Gasteiger partial charge in [-0.1, -0.05) is 32.0 Å². The average Bonchev–Trinajstić information content (AvgIpc) is 3.40. The number of rotatable bonds is 9. The number of nitrogens with zero attached hydrogens (tertiary/aromatic N) is 2. The van der Waals surface area contributed by atoms with Crippen molar-refractivity contribution in [2.75, 3.05) is 0 Å². The summed E-state index contributed by atoms with van der Waals surface area (Å²) in [4.78, 5) is 12.1. The summed E-state index contributed by atoms with van der Waals surface area (Å²) in [6, 6.07) is 14.1. The molecule has 1 aromatic heterocycles. The Morgan fingerprint density at radius 3 is 2.82 bits per heavy atom. The number of benzene rings is 2. The van der Waals surface area contributed by atoms with Gasteiger partial charge in [-0.3, -0.25) is 9.48 Å². The van der Waals surface area contributed by atoms with Crippen LogP contribution in [0.1, 0.15) is 45.1 Å². The molecule has 28 heavy (non-hydrogen) atoms. The maximum Gasteiger partial charge on any atom is 0.133 e. The van der Waals surface area contributed by atoms with Crippen LogP contribution in [0, 0.1) is 11.8 Å². The van der Waals surface area contributed by atoms with Gasteiger partial charge in [0.05, 0.1) is 11.7 Å². The normalized spacial score (nSPS) is 14.0. The van der Waals surface area contributed by atoms with Crippen LogP contribution in [0.4, 0.5) is 0 Å². The second-order valence-corrected chi connectivity index (χ2v) is 8.34. The molecule has 4 heteroatoms. The first-order valence-corrected chi connectivity index (χ1v) is 10.3. The molecule has 0 aliphatic heterocycles. The Morgan fingerprint density at radius 1 is 1.21 bits per heavy atom. The summed E-state index contributed by atoms with van der Waals surface area (Å²) in [5.41, 5.74) is 2.21. The van der Waals surface area contributed by atoms with Gasteiger partial charge in [0.25, 0.3) is 0 Å². The molecule has 0 amide bonds. The molecule has 3 aromatic rings. The highest BCUT2D eigenvalue weighted by molar-refractivity contribution is 5.80. The Morgan fingerprint density at radius 2 is 2.04 bits per heavy atom. The number of para-hydroxylation sites is 1. The summed E-state index contributed by atoms with van der Waals surface area (Å²) in [5.74, 6) is 3.20. The van der Waals surface area contributed by atoms with Crippen LogP contribution >= 0.6 is 0 Å². The predicted molar refractivity (Wildman–Crippen MR) is 112 cm³/mol. The summed E-state index contributed by atoms with van der Waals surface area (Å²) in [7, 11) is 0. The summed E-state index contributed by atoms with van der Waals surface area (Å²) >= 11 is 0. The zero-order chi connectivity index (χ0) is 19.5. The fraction of sp³-hybridized carbons (Fsp3) is 0.417. The lowest BCUT2D eigenvalue weighted by Gasteiger charge is -2.12. The maximum atomic E-state index is 12.1. The second-order valence-electron chi connectivity index (χ2n) is 8.34. The fourth-order valence-corrected chi connectivity index (χ4v) is 3.58. The predicted octanol–water partition coefficient (Wildman–Crippen LogP) is 5.79. The number of carbonyl (C=O) groups is 1. The van der Waals surface area contributed by atoms with Gasteiger partial charge in [0.15, 0.2) is 0 Å². The van der Waals surface area contributed by atoms with Crippen molar-refractivity contribution >= 4 is 16.7 Å². The first kappa shape index (κ1) is 18.7. The van der Waals surface area contributed by atoms with Crippen molar-refractivity contribution in [3.63, 3.8) is 0 Å². The number of aromatic nitrogens is 2. The monoisotopic (exact) mass is 376 g/mol. The number of hydrogen-bond donors (Lipinski definition) is 0. The molecule has 1 heterocycles. The Hall–Kier alpha value is -2.62. The number of hydrogen-bond acceptors (Lipinski definition) is 3. The Kier molecular flexibility index (Phi) is 5.47. The Bertz CT molecular complexity index is 970. The molecule has 2 aromatic carbocycles. The van der Waals surface area contributed by atoms with Crippen molar-refractivity contribution in [3.8, 4) is 11.5 Å². The highest BCUT2D eigenvalue weighted by Gasteiger charge is 2.24. The van der Waals surface area contributed by atoms with E-state index in [1.54, 1.807) is 0 Å². The molecule has 1 fully saturated rings. The van der Waals surface area contributed by atoms with Crippen LogP contribution in [-0.2, 0) is 17.8 Å². The number of ketones is 1. The van der Waals surface area contributed by atoms with Crippen LogP contribution in [0.3, 0.4) is 0 Å². The van der Waals surface area contributed by atoms with E-state index in [9.17, 15) is 4.79 Å². The minimum absolute atomic E-state index is 0.372. The van der Waals surface area contributed by atoms with Crippen molar-refractivity contribution < 1.29 is 9.53 Å². The van der Waals surface area contributed by atoms with Gasteiger partial charge in [0.2, 0.25) is 0 Å². The first-order chi connectivity index (χ1) is 13.6. The van der Waals surface area contributed by atoms with Crippen molar-refractivity contribution in [1.29, 1.82) is 0 Å². The molecule has 4 rings (SSSR count). The third-order valence-electron chi connectivity index (χ3n) is 5.24. The standard InChI is InChI=1S/C24H28N2O2/c1-17(2)16-26-23-12-11-22(14-20(23)15-25-26)28-24-6-4-3-5-19(24)9-10-21(27)13-18-7-8-18/h3-6,11-12,14-15,17-18H,7-10,13,16H2,1-2H3. The molecule has 0 atom stereocenters. The molecular formula is C24H28N2O2. The average molecular weight is 377 g/mol. The van der Waals surface area contributed by atoms with E-state index in [1.165, 1.54) is 12.8 Å². The molecule has 1 saturated carbocycles. The molecule has 146 valence electrons. The Labute approximate surface area is 166 Å². The second kappa shape index (κ2) is 8.17. The smallest absolute Gasteiger partial charge is 0.133 e. The van der Waals surface area contributed by atoms with E-state index in [0.717, 1.165) is 47.4 Å². The van der Waals surface area contributed by atoms with E-state index in [0.29, 0.717) is 24.0 Å². The summed E-state index contributed by atoms with van der Waals surface area (Å²) in [6.45, 7) is 5.29. The Balaban J connectivity index is 1.47. The lowest BCUT2D eigenvalue weighted by molar-refractivity contribution is -0.119. The lowest BCUT2D eigenvalue weighted by atomic mass is 10.0. The molecule has 0 radical (unpaired) electrons. The van der Waals surface area contributed by atoms with Crippen molar-refractivity contribution in [2.45, 2.75) is 52.5 Å². The SMILES string of the molecule is CC(C)Cn1ncc2cc(Oc3ccccc3CCC(=O)CC3CC3)ccc21. The largest absolute Gasteiger partial charge is 0.457 e. The van der Waals surface area contributed by atoms with Crippen molar-refractivity contribution in [2.24, 2.45) is 11.8 Å². The van der Waals surface area contributed by atoms with Gasteiger partial charge in [-0.2, -0.15) is 5.10 Å². The zero-order valence-corrected chi connectivity index (χ0v) is 16.7.